The first-order valence-electron chi connectivity index (χ1n) is 16.7. The van der Waals surface area contributed by atoms with Gasteiger partial charge in [0.15, 0.2) is 12.2 Å². The highest BCUT2D eigenvalue weighted by Gasteiger charge is 2.64. The maximum Gasteiger partial charge on any atom is 0.338 e. The third-order valence-corrected chi connectivity index (χ3v) is 8.52. The Morgan fingerprint density at radius 3 is 1.26 bits per heavy atom. The molecule has 5 aromatic carbocycles. The molecule has 1 N–H and O–H groups in total. The van der Waals surface area contributed by atoms with Crippen LogP contribution in [0.15, 0.2) is 152 Å². The highest BCUT2D eigenvalue weighted by atomic mass is 16.7. The predicted molar refractivity (Wildman–Crippen MR) is 189 cm³/mol. The van der Waals surface area contributed by atoms with Crippen LogP contribution in [0.4, 0.5) is 0 Å². The SMILES string of the molecule is C[C@H](OC(=O)c1ccccc1)[C@H]1OC(O)(C(=O)c2ccccc2)[C@H](OC(=O)c2ccccc2)[C@@H](OC(=O)c2ccccc2)[C@@H]1OC(=O)c1ccccc1. The summed E-state index contributed by atoms with van der Waals surface area (Å²) in [5.74, 6) is -7.89. The Labute approximate surface area is 304 Å². The molecular formula is C42H34O11. The van der Waals surface area contributed by atoms with Crippen molar-refractivity contribution in [1.29, 1.82) is 0 Å². The molecular weight excluding hydrogens is 680 g/mol. The van der Waals surface area contributed by atoms with Crippen LogP contribution in [0.25, 0.3) is 0 Å². The molecule has 1 unspecified atom stereocenters. The molecule has 1 heterocycles. The van der Waals surface area contributed by atoms with E-state index in [1.165, 1.54) is 67.6 Å². The van der Waals surface area contributed by atoms with Crippen LogP contribution in [0.5, 0.6) is 0 Å². The van der Waals surface area contributed by atoms with Gasteiger partial charge in [0.1, 0.15) is 12.2 Å². The second kappa shape index (κ2) is 16.3. The molecule has 1 aliphatic heterocycles. The van der Waals surface area contributed by atoms with E-state index < -0.39 is 66.0 Å². The molecule has 53 heavy (non-hydrogen) atoms. The number of ketones is 1. The average molecular weight is 715 g/mol. The molecule has 5 aromatic rings. The zero-order chi connectivity index (χ0) is 37.4. The number of benzene rings is 5. The summed E-state index contributed by atoms with van der Waals surface area (Å²) in [6.45, 7) is 1.40. The highest BCUT2D eigenvalue weighted by Crippen LogP contribution is 2.39. The van der Waals surface area contributed by atoms with Crippen molar-refractivity contribution in [2.45, 2.75) is 43.2 Å². The summed E-state index contributed by atoms with van der Waals surface area (Å²) in [5.41, 5.74) is 0.285. The minimum Gasteiger partial charge on any atom is -0.456 e. The maximum atomic E-state index is 14.4. The van der Waals surface area contributed by atoms with E-state index in [4.69, 9.17) is 23.7 Å². The summed E-state index contributed by atoms with van der Waals surface area (Å²) in [5, 5.41) is 12.5. The van der Waals surface area contributed by atoms with Crippen LogP contribution in [-0.2, 0) is 23.7 Å². The Morgan fingerprint density at radius 2 is 0.849 bits per heavy atom. The van der Waals surface area contributed by atoms with Gasteiger partial charge in [0.2, 0.25) is 11.9 Å². The molecule has 11 nitrogen and oxygen atoms in total. The number of hydrogen-bond acceptors (Lipinski definition) is 11. The molecule has 0 bridgehead atoms. The lowest BCUT2D eigenvalue weighted by Gasteiger charge is -2.49. The zero-order valence-electron chi connectivity index (χ0n) is 28.4. The molecule has 0 spiro atoms. The molecule has 0 aromatic heterocycles. The summed E-state index contributed by atoms with van der Waals surface area (Å²) in [7, 11) is 0. The molecule has 1 aliphatic rings. The van der Waals surface area contributed by atoms with Gasteiger partial charge in [0.25, 0.3) is 5.79 Å². The van der Waals surface area contributed by atoms with E-state index in [0.29, 0.717) is 0 Å². The van der Waals surface area contributed by atoms with Gasteiger partial charge < -0.3 is 28.8 Å². The van der Waals surface area contributed by atoms with Crippen molar-refractivity contribution >= 4 is 29.7 Å². The first kappa shape index (κ1) is 36.4. The molecule has 0 radical (unpaired) electrons. The van der Waals surface area contributed by atoms with Crippen molar-refractivity contribution in [2.24, 2.45) is 0 Å². The topological polar surface area (TPSA) is 152 Å². The van der Waals surface area contributed by atoms with Crippen LogP contribution in [0.3, 0.4) is 0 Å². The van der Waals surface area contributed by atoms with Gasteiger partial charge in [0, 0.05) is 5.56 Å². The van der Waals surface area contributed by atoms with Gasteiger partial charge in [0.05, 0.1) is 22.3 Å². The summed E-state index contributed by atoms with van der Waals surface area (Å²) in [6.07, 6.45) is -8.87. The third kappa shape index (κ3) is 8.22. The van der Waals surface area contributed by atoms with Gasteiger partial charge in [-0.25, -0.2) is 19.2 Å². The van der Waals surface area contributed by atoms with Crippen molar-refractivity contribution in [3.05, 3.63) is 179 Å². The molecule has 1 saturated heterocycles. The number of aliphatic hydroxyl groups is 1. The van der Waals surface area contributed by atoms with E-state index >= 15 is 0 Å². The van der Waals surface area contributed by atoms with E-state index in [-0.39, 0.29) is 27.8 Å². The second-order valence-corrected chi connectivity index (χ2v) is 12.1. The number of ether oxygens (including phenoxy) is 5. The molecule has 0 aliphatic carbocycles. The van der Waals surface area contributed by atoms with Crippen LogP contribution < -0.4 is 0 Å². The number of Topliss-reactive ketones (excluding diaryl/α,β-unsaturated/α-hetero) is 1. The molecule has 11 heteroatoms. The fourth-order valence-corrected chi connectivity index (χ4v) is 5.84. The Balaban J connectivity index is 1.50. The molecule has 1 fully saturated rings. The predicted octanol–water partition coefficient (Wildman–Crippen LogP) is 5.88. The van der Waals surface area contributed by atoms with Crippen LogP contribution in [0.1, 0.15) is 58.7 Å². The van der Waals surface area contributed by atoms with Gasteiger partial charge in [-0.2, -0.15) is 0 Å². The Bertz CT molecular complexity index is 2040. The molecule has 6 rings (SSSR count). The van der Waals surface area contributed by atoms with Crippen molar-refractivity contribution in [3.8, 4) is 0 Å². The number of hydrogen-bond donors (Lipinski definition) is 1. The van der Waals surface area contributed by atoms with E-state index in [1.54, 1.807) is 91.0 Å². The summed E-state index contributed by atoms with van der Waals surface area (Å²) in [6, 6.07) is 38.9. The summed E-state index contributed by atoms with van der Waals surface area (Å²) in [4.78, 5) is 68.9. The van der Waals surface area contributed by atoms with Gasteiger partial charge in [-0.15, -0.1) is 0 Å². The molecule has 0 amide bonds. The molecule has 268 valence electrons. The zero-order valence-corrected chi connectivity index (χ0v) is 28.4. The standard InChI is InChI=1S/C42H34O11/c1-27(49-38(44)29-19-9-3-10-20-29)33-34(50-39(45)30-21-11-4-12-22-30)35(51-40(46)31-23-13-5-14-24-31)37(52-41(47)32-25-15-6-16-26-32)42(48,53-33)36(43)28-17-7-2-8-18-28/h2-27,33-35,37,48H,1H3/t27-,33+,34+,35-,37+,42?/m0/s1. The number of esters is 4. The minimum atomic E-state index is -3.10. The minimum absolute atomic E-state index is 0.0280. The highest BCUT2D eigenvalue weighted by molar-refractivity contribution is 6.02. The molecule has 6 atom stereocenters. The lowest BCUT2D eigenvalue weighted by Crippen LogP contribution is -2.71. The van der Waals surface area contributed by atoms with Crippen LogP contribution in [0.2, 0.25) is 0 Å². The fraction of sp³-hybridized carbons (Fsp3) is 0.167. The molecule has 0 saturated carbocycles. The second-order valence-electron chi connectivity index (χ2n) is 12.1. The summed E-state index contributed by atoms with van der Waals surface area (Å²) < 4.78 is 29.8. The normalized spacial score (nSPS) is 21.3. The van der Waals surface area contributed by atoms with Crippen molar-refractivity contribution in [2.75, 3.05) is 0 Å². The van der Waals surface area contributed by atoms with Gasteiger partial charge in [-0.05, 0) is 55.5 Å². The number of carbonyl (C=O) groups excluding carboxylic acids is 5. The average Bonchev–Trinajstić information content (AvgIpc) is 3.21. The maximum absolute atomic E-state index is 14.4. The van der Waals surface area contributed by atoms with Gasteiger partial charge in [-0.3, -0.25) is 4.79 Å². The number of rotatable bonds is 11. The van der Waals surface area contributed by atoms with E-state index in [2.05, 4.69) is 0 Å². The van der Waals surface area contributed by atoms with Crippen LogP contribution >= 0.6 is 0 Å². The fourth-order valence-electron chi connectivity index (χ4n) is 5.84. The van der Waals surface area contributed by atoms with Crippen molar-refractivity contribution < 1.29 is 52.8 Å². The van der Waals surface area contributed by atoms with Gasteiger partial charge >= 0.3 is 23.9 Å². The van der Waals surface area contributed by atoms with E-state index in [9.17, 15) is 29.1 Å². The van der Waals surface area contributed by atoms with Crippen molar-refractivity contribution in [1.82, 2.24) is 0 Å². The largest absolute Gasteiger partial charge is 0.456 e. The smallest absolute Gasteiger partial charge is 0.338 e. The number of carbonyl (C=O) groups is 5. The Morgan fingerprint density at radius 1 is 0.509 bits per heavy atom. The van der Waals surface area contributed by atoms with Crippen LogP contribution in [0, 0.1) is 0 Å². The lowest BCUT2D eigenvalue weighted by molar-refractivity contribution is -0.326. The van der Waals surface area contributed by atoms with Crippen molar-refractivity contribution in [3.63, 3.8) is 0 Å². The lowest BCUT2D eigenvalue weighted by atomic mass is 9.85. The quantitative estimate of drug-likeness (QED) is 0.0992. The van der Waals surface area contributed by atoms with Crippen LogP contribution in [-0.4, -0.2) is 71.1 Å². The first-order chi connectivity index (χ1) is 25.7. The van der Waals surface area contributed by atoms with E-state index in [0.717, 1.165) is 0 Å². The van der Waals surface area contributed by atoms with E-state index in [1.807, 2.05) is 0 Å². The Kier molecular flexibility index (Phi) is 11.2. The Hall–Kier alpha value is -6.43. The summed E-state index contributed by atoms with van der Waals surface area (Å²) >= 11 is 0. The van der Waals surface area contributed by atoms with Gasteiger partial charge in [-0.1, -0.05) is 103 Å². The monoisotopic (exact) mass is 714 g/mol. The third-order valence-electron chi connectivity index (χ3n) is 8.52. The first-order valence-corrected chi connectivity index (χ1v) is 16.7.